The molecule has 0 unspecified atom stereocenters. The van der Waals surface area contributed by atoms with Gasteiger partial charge in [0, 0.05) is 31.4 Å². The Labute approximate surface area is 162 Å². The smallest absolute Gasteiger partial charge is 0.260 e. The summed E-state index contributed by atoms with van der Waals surface area (Å²) in [6, 6.07) is 8.28. The number of nitrogens with zero attached hydrogens (tertiary/aromatic N) is 2. The van der Waals surface area contributed by atoms with Crippen molar-refractivity contribution in [1.29, 1.82) is 0 Å². The fourth-order valence-corrected chi connectivity index (χ4v) is 2.37. The molecule has 0 atom stereocenters. The topological polar surface area (TPSA) is 93.9 Å². The van der Waals surface area contributed by atoms with Crippen molar-refractivity contribution in [2.24, 2.45) is 0 Å². The molecule has 0 aliphatic carbocycles. The van der Waals surface area contributed by atoms with Crippen LogP contribution in [0.1, 0.15) is 12.2 Å². The second-order valence-corrected chi connectivity index (χ2v) is 6.21. The fraction of sp³-hybridized carbons (Fsp3) is 0.389. The summed E-state index contributed by atoms with van der Waals surface area (Å²) in [4.78, 5) is 26.1. The van der Waals surface area contributed by atoms with E-state index in [9.17, 15) is 9.59 Å². The molecule has 27 heavy (non-hydrogen) atoms. The highest BCUT2D eigenvalue weighted by molar-refractivity contribution is 6.30. The summed E-state index contributed by atoms with van der Waals surface area (Å²) in [6.07, 6.45) is 0.597. The molecule has 2 aromatic rings. The number of anilines is 1. The molecule has 1 aromatic heterocycles. The van der Waals surface area contributed by atoms with Gasteiger partial charge >= 0.3 is 0 Å². The summed E-state index contributed by atoms with van der Waals surface area (Å²) in [5.74, 6) is 0.717. The molecule has 0 saturated carbocycles. The summed E-state index contributed by atoms with van der Waals surface area (Å²) < 4.78 is 15.4. The van der Waals surface area contributed by atoms with Gasteiger partial charge in [-0.3, -0.25) is 9.59 Å². The van der Waals surface area contributed by atoms with Crippen LogP contribution >= 0.6 is 11.6 Å². The molecule has 1 heterocycles. The number of halogens is 1. The minimum Gasteiger partial charge on any atom is -0.484 e. The van der Waals surface area contributed by atoms with E-state index in [0.717, 1.165) is 0 Å². The molecule has 0 aliphatic rings. The number of aryl methyl sites for hydroxylation is 1. The molecular weight excluding hydrogens is 374 g/mol. The Morgan fingerprint density at radius 2 is 2.04 bits per heavy atom. The van der Waals surface area contributed by atoms with Crippen molar-refractivity contribution in [3.63, 3.8) is 0 Å². The fourth-order valence-electron chi connectivity index (χ4n) is 2.24. The van der Waals surface area contributed by atoms with Gasteiger partial charge in [0.2, 0.25) is 5.91 Å². The van der Waals surface area contributed by atoms with Gasteiger partial charge in [-0.25, -0.2) is 0 Å². The highest BCUT2D eigenvalue weighted by atomic mass is 35.5. The lowest BCUT2D eigenvalue weighted by Gasteiger charge is -2.22. The number of hydrogen-bond donors (Lipinski definition) is 1. The van der Waals surface area contributed by atoms with E-state index in [0.29, 0.717) is 41.9 Å². The third-order valence-corrected chi connectivity index (χ3v) is 3.79. The van der Waals surface area contributed by atoms with Gasteiger partial charge in [0.25, 0.3) is 5.91 Å². The lowest BCUT2D eigenvalue weighted by Crippen LogP contribution is -2.41. The standard InChI is InChI=1S/C18H22ClN3O5/c1-13-10-16(21-27-13)20-17(23)11-22(8-3-9-25-2)18(24)12-26-15-6-4-14(19)5-7-15/h4-7,10H,3,8-9,11-12H2,1-2H3,(H,20,21,23). The first-order valence-corrected chi connectivity index (χ1v) is 8.74. The van der Waals surface area contributed by atoms with Crippen molar-refractivity contribution in [3.05, 3.63) is 41.1 Å². The molecule has 0 spiro atoms. The van der Waals surface area contributed by atoms with Crippen LogP contribution in [-0.2, 0) is 14.3 Å². The number of benzene rings is 1. The largest absolute Gasteiger partial charge is 0.484 e. The van der Waals surface area contributed by atoms with Crippen LogP contribution in [-0.4, -0.2) is 55.3 Å². The van der Waals surface area contributed by atoms with Gasteiger partial charge in [0.15, 0.2) is 12.4 Å². The average Bonchev–Trinajstić information content (AvgIpc) is 3.05. The number of amides is 2. The van der Waals surface area contributed by atoms with E-state index in [1.54, 1.807) is 44.4 Å². The number of aromatic nitrogens is 1. The molecule has 2 rings (SSSR count). The maximum atomic E-state index is 12.5. The van der Waals surface area contributed by atoms with Gasteiger partial charge in [0.1, 0.15) is 18.1 Å². The van der Waals surface area contributed by atoms with Gasteiger partial charge in [-0.05, 0) is 37.6 Å². The second-order valence-electron chi connectivity index (χ2n) is 5.78. The minimum atomic E-state index is -0.374. The van der Waals surface area contributed by atoms with Gasteiger partial charge in [-0.1, -0.05) is 16.8 Å². The lowest BCUT2D eigenvalue weighted by molar-refractivity contribution is -0.136. The Bertz CT molecular complexity index is 748. The molecule has 1 N–H and O–H groups in total. The molecule has 0 radical (unpaired) electrons. The minimum absolute atomic E-state index is 0.127. The summed E-state index contributed by atoms with van der Waals surface area (Å²) >= 11 is 5.82. The molecule has 0 aliphatic heterocycles. The Kier molecular flexibility index (Phi) is 8.09. The van der Waals surface area contributed by atoms with Crippen LogP contribution in [0.15, 0.2) is 34.9 Å². The van der Waals surface area contributed by atoms with Crippen LogP contribution < -0.4 is 10.1 Å². The summed E-state index contributed by atoms with van der Waals surface area (Å²) in [5.41, 5.74) is 0. The predicted octanol–water partition coefficient (Wildman–Crippen LogP) is 2.52. The third-order valence-electron chi connectivity index (χ3n) is 3.54. The second kappa shape index (κ2) is 10.5. The quantitative estimate of drug-likeness (QED) is 0.621. The summed E-state index contributed by atoms with van der Waals surface area (Å²) in [6.45, 7) is 2.24. The number of carbonyl (C=O) groups excluding carboxylic acids is 2. The first-order chi connectivity index (χ1) is 13.0. The highest BCUT2D eigenvalue weighted by Crippen LogP contribution is 2.15. The maximum absolute atomic E-state index is 12.5. The molecule has 8 nitrogen and oxygen atoms in total. The molecule has 0 fully saturated rings. The van der Waals surface area contributed by atoms with Crippen molar-refractivity contribution in [2.45, 2.75) is 13.3 Å². The predicted molar refractivity (Wildman–Crippen MR) is 99.9 cm³/mol. The van der Waals surface area contributed by atoms with Gasteiger partial charge in [-0.15, -0.1) is 0 Å². The van der Waals surface area contributed by atoms with E-state index in [2.05, 4.69) is 10.5 Å². The van der Waals surface area contributed by atoms with Crippen molar-refractivity contribution >= 4 is 29.2 Å². The first kappa shape index (κ1) is 20.7. The zero-order valence-corrected chi connectivity index (χ0v) is 16.0. The summed E-state index contributed by atoms with van der Waals surface area (Å²) in [7, 11) is 1.58. The zero-order valence-electron chi connectivity index (χ0n) is 15.2. The summed E-state index contributed by atoms with van der Waals surface area (Å²) in [5, 5.41) is 6.87. The van der Waals surface area contributed by atoms with E-state index in [1.165, 1.54) is 4.90 Å². The number of carbonyl (C=O) groups is 2. The number of rotatable bonds is 10. The van der Waals surface area contributed by atoms with E-state index in [4.69, 9.17) is 25.6 Å². The van der Waals surface area contributed by atoms with Crippen molar-refractivity contribution in [3.8, 4) is 5.75 Å². The van der Waals surface area contributed by atoms with Crippen molar-refractivity contribution < 1.29 is 23.6 Å². The van der Waals surface area contributed by atoms with Crippen molar-refractivity contribution in [2.75, 3.05) is 38.7 Å². The SMILES string of the molecule is COCCCN(CC(=O)Nc1cc(C)on1)C(=O)COc1ccc(Cl)cc1. The normalized spacial score (nSPS) is 10.5. The molecule has 0 saturated heterocycles. The zero-order chi connectivity index (χ0) is 19.6. The first-order valence-electron chi connectivity index (χ1n) is 8.36. The monoisotopic (exact) mass is 395 g/mol. The molecule has 0 bridgehead atoms. The molecule has 146 valence electrons. The number of nitrogens with one attached hydrogen (secondary N) is 1. The van der Waals surface area contributed by atoms with Crippen LogP contribution in [0.25, 0.3) is 0 Å². The molecule has 2 amide bonds. The number of hydrogen-bond acceptors (Lipinski definition) is 6. The Morgan fingerprint density at radius 3 is 2.67 bits per heavy atom. The third kappa shape index (κ3) is 7.28. The maximum Gasteiger partial charge on any atom is 0.260 e. The van der Waals surface area contributed by atoms with E-state index >= 15 is 0 Å². The highest BCUT2D eigenvalue weighted by Gasteiger charge is 2.18. The lowest BCUT2D eigenvalue weighted by atomic mass is 10.3. The van der Waals surface area contributed by atoms with Crippen LogP contribution in [0.4, 0.5) is 5.82 Å². The average molecular weight is 396 g/mol. The molecule has 9 heteroatoms. The Morgan fingerprint density at radius 1 is 1.30 bits per heavy atom. The van der Waals surface area contributed by atoms with Gasteiger partial charge < -0.3 is 24.2 Å². The van der Waals surface area contributed by atoms with Gasteiger partial charge in [-0.2, -0.15) is 0 Å². The van der Waals surface area contributed by atoms with Crippen LogP contribution in [0.5, 0.6) is 5.75 Å². The van der Waals surface area contributed by atoms with E-state index in [-0.39, 0.29) is 25.0 Å². The van der Waals surface area contributed by atoms with Crippen LogP contribution in [0.3, 0.4) is 0 Å². The Hall–Kier alpha value is -2.58. The number of ether oxygens (including phenoxy) is 2. The number of methoxy groups -OCH3 is 1. The van der Waals surface area contributed by atoms with E-state index < -0.39 is 0 Å². The van der Waals surface area contributed by atoms with Crippen molar-refractivity contribution in [1.82, 2.24) is 10.1 Å². The van der Waals surface area contributed by atoms with E-state index in [1.807, 2.05) is 0 Å². The molecule has 1 aromatic carbocycles. The Balaban J connectivity index is 1.91. The van der Waals surface area contributed by atoms with Gasteiger partial charge in [0.05, 0.1) is 0 Å². The van der Waals surface area contributed by atoms with Crippen LogP contribution in [0, 0.1) is 6.92 Å². The van der Waals surface area contributed by atoms with Crippen LogP contribution in [0.2, 0.25) is 5.02 Å². The molecular formula is C18H22ClN3O5.